The van der Waals surface area contributed by atoms with E-state index in [0.717, 1.165) is 18.8 Å². The Bertz CT molecular complexity index is 1170. The van der Waals surface area contributed by atoms with Crippen molar-refractivity contribution in [2.24, 2.45) is 0 Å². The summed E-state index contributed by atoms with van der Waals surface area (Å²) in [6.07, 6.45) is 7.17. The highest BCUT2D eigenvalue weighted by Gasteiger charge is 2.27. The summed E-state index contributed by atoms with van der Waals surface area (Å²) < 4.78 is 3.32. The van der Waals surface area contributed by atoms with Crippen LogP contribution < -0.4 is 10.5 Å². The molecule has 0 spiro atoms. The zero-order valence-corrected chi connectivity index (χ0v) is 17.8. The molecule has 2 aliphatic rings. The van der Waals surface area contributed by atoms with Gasteiger partial charge in [0.1, 0.15) is 11.4 Å². The van der Waals surface area contributed by atoms with Crippen molar-refractivity contribution in [1.29, 1.82) is 0 Å². The van der Waals surface area contributed by atoms with Crippen molar-refractivity contribution in [2.75, 3.05) is 24.5 Å². The lowest BCUT2D eigenvalue weighted by Gasteiger charge is -2.34. The van der Waals surface area contributed by atoms with Gasteiger partial charge in [-0.1, -0.05) is 18.2 Å². The van der Waals surface area contributed by atoms with Gasteiger partial charge in [0.25, 0.3) is 11.5 Å². The molecule has 0 radical (unpaired) electrons. The molecular weight excluding hydrogens is 390 g/mol. The molecule has 0 N–H and O–H groups in total. The first-order chi connectivity index (χ1) is 15.1. The maximum atomic E-state index is 13.2. The number of benzene rings is 1. The summed E-state index contributed by atoms with van der Waals surface area (Å²) >= 11 is 0. The largest absolute Gasteiger partial charge is 0.371 e. The first-order valence-corrected chi connectivity index (χ1v) is 11.0. The number of anilines is 1. The van der Waals surface area contributed by atoms with E-state index >= 15 is 0 Å². The van der Waals surface area contributed by atoms with Crippen molar-refractivity contribution in [3.05, 3.63) is 76.2 Å². The van der Waals surface area contributed by atoms with E-state index in [9.17, 15) is 9.59 Å². The molecule has 3 aromatic rings. The molecule has 0 saturated carbocycles. The maximum absolute atomic E-state index is 13.2. The van der Waals surface area contributed by atoms with Crippen LogP contribution in [0.15, 0.2) is 53.7 Å². The molecule has 0 atom stereocenters. The second kappa shape index (κ2) is 8.06. The Morgan fingerprint density at radius 3 is 2.48 bits per heavy atom. The summed E-state index contributed by atoms with van der Waals surface area (Å²) in [4.78, 5) is 34.8. The summed E-state index contributed by atoms with van der Waals surface area (Å²) in [5.74, 6) is -0.0924. The molecule has 5 rings (SSSR count). The predicted octanol–water partition coefficient (Wildman–Crippen LogP) is 2.99. The molecule has 7 nitrogen and oxygen atoms in total. The minimum Gasteiger partial charge on any atom is -0.371 e. The van der Waals surface area contributed by atoms with Gasteiger partial charge >= 0.3 is 0 Å². The van der Waals surface area contributed by atoms with E-state index in [0.29, 0.717) is 31.0 Å². The predicted molar refractivity (Wildman–Crippen MR) is 120 cm³/mol. The molecule has 2 aliphatic heterocycles. The second-order valence-electron chi connectivity index (χ2n) is 8.39. The molecule has 0 bridgehead atoms. The van der Waals surface area contributed by atoms with Gasteiger partial charge in [0, 0.05) is 44.6 Å². The smallest absolute Gasteiger partial charge is 0.275 e. The van der Waals surface area contributed by atoms with Gasteiger partial charge in [-0.05, 0) is 49.9 Å². The van der Waals surface area contributed by atoms with Crippen LogP contribution in [0.3, 0.4) is 0 Å². The first-order valence-electron chi connectivity index (χ1n) is 11.0. The molecule has 4 heterocycles. The van der Waals surface area contributed by atoms with Gasteiger partial charge in [-0.2, -0.15) is 0 Å². The number of nitrogens with zero attached hydrogens (tertiary/aromatic N) is 5. The van der Waals surface area contributed by atoms with Crippen molar-refractivity contribution in [3.8, 4) is 5.69 Å². The number of hydrogen-bond acceptors (Lipinski definition) is 4. The number of para-hydroxylation sites is 1. The van der Waals surface area contributed by atoms with E-state index in [4.69, 9.17) is 0 Å². The number of fused-ring (bicyclic) bond motifs is 1. The molecule has 0 aliphatic carbocycles. The Balaban J connectivity index is 1.41. The fourth-order valence-corrected chi connectivity index (χ4v) is 4.65. The fraction of sp³-hybridized carbons (Fsp3) is 0.375. The van der Waals surface area contributed by atoms with Crippen LogP contribution in [0.1, 0.15) is 41.0 Å². The molecule has 1 saturated heterocycles. The highest BCUT2D eigenvalue weighted by Crippen LogP contribution is 2.26. The molecule has 1 fully saturated rings. The van der Waals surface area contributed by atoms with Gasteiger partial charge in [-0.3, -0.25) is 9.59 Å². The van der Waals surface area contributed by atoms with E-state index in [1.165, 1.54) is 30.5 Å². The summed E-state index contributed by atoms with van der Waals surface area (Å²) in [6, 6.07) is 11.9. The second-order valence-corrected chi connectivity index (χ2v) is 8.39. The number of aryl methyl sites for hydroxylation is 1. The molecule has 2 aromatic heterocycles. The molecule has 1 amide bonds. The average molecular weight is 418 g/mol. The van der Waals surface area contributed by atoms with E-state index < -0.39 is 0 Å². The number of piperidine rings is 1. The van der Waals surface area contributed by atoms with E-state index in [2.05, 4.69) is 28.1 Å². The third-order valence-corrected chi connectivity index (χ3v) is 6.29. The fourth-order valence-electron chi connectivity index (χ4n) is 4.65. The molecule has 31 heavy (non-hydrogen) atoms. The standard InChI is InChI=1S/C24H27N5O2/c1-18-15-28(17-25-18)21-9-10-22-23(30)27(13-14-29(22)24(21)31)16-19-7-3-4-8-20(19)26-11-5-2-6-12-26/h3-4,7-10,15,17H,2,5-6,11-14,16H2,1H3. The van der Waals surface area contributed by atoms with Gasteiger partial charge in [0.2, 0.25) is 0 Å². The van der Waals surface area contributed by atoms with E-state index in [-0.39, 0.29) is 11.5 Å². The number of aromatic nitrogens is 3. The number of rotatable bonds is 4. The van der Waals surface area contributed by atoms with Crippen LogP contribution in [0.25, 0.3) is 5.69 Å². The zero-order valence-electron chi connectivity index (χ0n) is 17.8. The highest BCUT2D eigenvalue weighted by molar-refractivity contribution is 5.93. The van der Waals surface area contributed by atoms with Crippen molar-refractivity contribution in [3.63, 3.8) is 0 Å². The van der Waals surface area contributed by atoms with Crippen LogP contribution in [-0.2, 0) is 13.1 Å². The minimum absolute atomic E-state index is 0.0924. The molecule has 7 heteroatoms. The van der Waals surface area contributed by atoms with Crippen LogP contribution in [0.4, 0.5) is 5.69 Å². The number of carbonyl (C=O) groups is 1. The van der Waals surface area contributed by atoms with Crippen molar-refractivity contribution >= 4 is 11.6 Å². The quantitative estimate of drug-likeness (QED) is 0.655. The Morgan fingerprint density at radius 2 is 1.71 bits per heavy atom. The first kappa shape index (κ1) is 19.6. The number of imidazole rings is 1. The summed E-state index contributed by atoms with van der Waals surface area (Å²) in [7, 11) is 0. The van der Waals surface area contributed by atoms with Crippen molar-refractivity contribution < 1.29 is 4.79 Å². The number of pyridine rings is 1. The van der Waals surface area contributed by atoms with Crippen LogP contribution in [-0.4, -0.2) is 44.6 Å². The average Bonchev–Trinajstić information content (AvgIpc) is 3.23. The maximum Gasteiger partial charge on any atom is 0.275 e. The molecular formula is C24H27N5O2. The van der Waals surface area contributed by atoms with Crippen LogP contribution in [0, 0.1) is 6.92 Å². The molecule has 0 unspecified atom stereocenters. The Hall–Kier alpha value is -3.35. The lowest BCUT2D eigenvalue weighted by molar-refractivity contribution is 0.0687. The zero-order chi connectivity index (χ0) is 21.4. The monoisotopic (exact) mass is 417 g/mol. The number of carbonyl (C=O) groups excluding carboxylic acids is 1. The van der Waals surface area contributed by atoms with Crippen LogP contribution >= 0.6 is 0 Å². The van der Waals surface area contributed by atoms with Crippen molar-refractivity contribution in [2.45, 2.75) is 39.3 Å². The Labute approximate surface area is 181 Å². The van der Waals surface area contributed by atoms with Gasteiger partial charge in [-0.15, -0.1) is 0 Å². The summed E-state index contributed by atoms with van der Waals surface area (Å²) in [6.45, 7) is 5.59. The number of hydrogen-bond donors (Lipinski definition) is 0. The summed E-state index contributed by atoms with van der Waals surface area (Å²) in [5.41, 5.74) is 4.05. The topological polar surface area (TPSA) is 63.4 Å². The van der Waals surface area contributed by atoms with E-state index in [1.807, 2.05) is 24.1 Å². The third kappa shape index (κ3) is 3.65. The summed E-state index contributed by atoms with van der Waals surface area (Å²) in [5, 5.41) is 0. The third-order valence-electron chi connectivity index (χ3n) is 6.29. The van der Waals surface area contributed by atoms with Gasteiger partial charge in [0.15, 0.2) is 0 Å². The Kier molecular flexibility index (Phi) is 5.10. The molecule has 1 aromatic carbocycles. The molecule has 160 valence electrons. The van der Waals surface area contributed by atoms with Gasteiger partial charge < -0.3 is 18.9 Å². The SMILES string of the molecule is Cc1cn(-c2ccc3n(c2=O)CCN(Cc2ccccc2N2CCCCC2)C3=O)cn1. The van der Waals surface area contributed by atoms with Crippen molar-refractivity contribution in [1.82, 2.24) is 19.0 Å². The Morgan fingerprint density at radius 1 is 0.903 bits per heavy atom. The van der Waals surface area contributed by atoms with Gasteiger partial charge in [-0.25, -0.2) is 4.98 Å². The normalized spacial score (nSPS) is 16.5. The lowest BCUT2D eigenvalue weighted by Crippen LogP contribution is -2.44. The minimum atomic E-state index is -0.156. The van der Waals surface area contributed by atoms with Crippen LogP contribution in [0.2, 0.25) is 0 Å². The number of amides is 1. The van der Waals surface area contributed by atoms with Gasteiger partial charge in [0.05, 0.1) is 12.0 Å². The lowest BCUT2D eigenvalue weighted by atomic mass is 10.1. The van der Waals surface area contributed by atoms with E-state index in [1.54, 1.807) is 27.6 Å². The highest BCUT2D eigenvalue weighted by atomic mass is 16.2. The van der Waals surface area contributed by atoms with Crippen LogP contribution in [0.5, 0.6) is 0 Å².